The van der Waals surface area contributed by atoms with Gasteiger partial charge < -0.3 is 14.6 Å². The second-order valence-electron chi connectivity index (χ2n) is 4.85. The summed E-state index contributed by atoms with van der Waals surface area (Å²) in [5, 5.41) is 3.78. The summed E-state index contributed by atoms with van der Waals surface area (Å²) >= 11 is 5.84. The van der Waals surface area contributed by atoms with Gasteiger partial charge in [0.1, 0.15) is 5.15 Å². The van der Waals surface area contributed by atoms with E-state index in [-0.39, 0.29) is 0 Å². The number of nitrogens with one attached hydrogen (secondary N) is 1. The Bertz CT molecular complexity index is 571. The van der Waals surface area contributed by atoms with Crippen LogP contribution in [0, 0.1) is 0 Å². The minimum absolute atomic E-state index is 0.386. The molecular weight excluding hydrogens is 264 g/mol. The van der Waals surface area contributed by atoms with Gasteiger partial charge in [-0.25, -0.2) is 4.98 Å². The van der Waals surface area contributed by atoms with E-state index in [4.69, 9.17) is 16.0 Å². The average Bonchev–Trinajstić information content (AvgIpc) is 2.80. The topological polar surface area (TPSA) is 54.2 Å². The van der Waals surface area contributed by atoms with Gasteiger partial charge in [0, 0.05) is 12.6 Å². The predicted molar refractivity (Wildman–Crippen MR) is 75.6 cm³/mol. The Balaban J connectivity index is 1.74. The molecule has 1 aliphatic rings. The van der Waals surface area contributed by atoms with Gasteiger partial charge in [0.25, 0.3) is 6.01 Å². The third-order valence-electron chi connectivity index (χ3n) is 3.50. The van der Waals surface area contributed by atoms with Gasteiger partial charge in [-0.2, -0.15) is 4.98 Å². The van der Waals surface area contributed by atoms with Crippen molar-refractivity contribution in [1.82, 2.24) is 14.9 Å². The number of anilines is 1. The fraction of sp³-hybridized carbons (Fsp3) is 0.538. The Kier molecular flexibility index (Phi) is 3.57. The van der Waals surface area contributed by atoms with Crippen molar-refractivity contribution in [2.24, 2.45) is 0 Å². The highest BCUT2D eigenvalue weighted by Gasteiger charge is 2.20. The van der Waals surface area contributed by atoms with E-state index in [1.807, 2.05) is 0 Å². The van der Waals surface area contributed by atoms with Gasteiger partial charge in [-0.3, -0.25) is 0 Å². The zero-order valence-electron chi connectivity index (χ0n) is 10.9. The highest BCUT2D eigenvalue weighted by atomic mass is 35.5. The maximum absolute atomic E-state index is 5.84. The van der Waals surface area contributed by atoms with E-state index < -0.39 is 0 Å². The van der Waals surface area contributed by atoms with Crippen molar-refractivity contribution < 1.29 is 4.42 Å². The lowest BCUT2D eigenvalue weighted by molar-refractivity contribution is 0.225. The summed E-state index contributed by atoms with van der Waals surface area (Å²) in [7, 11) is 0. The number of nitrogens with zero attached hydrogens (tertiary/aromatic N) is 3. The van der Waals surface area contributed by atoms with Crippen LogP contribution in [0.25, 0.3) is 11.2 Å². The molecule has 3 heterocycles. The molecule has 0 spiro atoms. The van der Waals surface area contributed by atoms with E-state index in [0.29, 0.717) is 28.4 Å². The lowest BCUT2D eigenvalue weighted by Crippen LogP contribution is -2.41. The van der Waals surface area contributed by atoms with Crippen molar-refractivity contribution >= 4 is 28.8 Å². The van der Waals surface area contributed by atoms with Gasteiger partial charge in [-0.05, 0) is 38.1 Å². The summed E-state index contributed by atoms with van der Waals surface area (Å²) in [5.74, 6) is 0. The third-order valence-corrected chi connectivity index (χ3v) is 3.71. The van der Waals surface area contributed by atoms with Crippen LogP contribution in [0.2, 0.25) is 5.15 Å². The molecule has 2 aromatic heterocycles. The molecule has 102 valence electrons. The Labute approximate surface area is 117 Å². The van der Waals surface area contributed by atoms with Crippen LogP contribution in [0.1, 0.15) is 19.8 Å². The van der Waals surface area contributed by atoms with E-state index in [0.717, 1.165) is 19.5 Å². The van der Waals surface area contributed by atoms with E-state index in [1.54, 1.807) is 12.1 Å². The molecule has 1 saturated heterocycles. The number of likely N-dealkylation sites (tertiary alicyclic amines) is 1. The molecule has 0 aromatic carbocycles. The van der Waals surface area contributed by atoms with Crippen LogP contribution in [-0.4, -0.2) is 40.5 Å². The maximum Gasteiger partial charge on any atom is 0.297 e. The van der Waals surface area contributed by atoms with Crippen molar-refractivity contribution in [1.29, 1.82) is 0 Å². The van der Waals surface area contributed by atoms with Crippen LogP contribution < -0.4 is 5.32 Å². The molecule has 19 heavy (non-hydrogen) atoms. The largest absolute Gasteiger partial charge is 0.422 e. The minimum Gasteiger partial charge on any atom is -0.422 e. The molecule has 0 saturated carbocycles. The molecule has 1 aliphatic heterocycles. The summed E-state index contributed by atoms with van der Waals surface area (Å²) in [4.78, 5) is 10.9. The summed E-state index contributed by atoms with van der Waals surface area (Å²) in [6, 6.07) is 4.42. The second kappa shape index (κ2) is 5.35. The molecule has 1 N–H and O–H groups in total. The first kappa shape index (κ1) is 12.7. The minimum atomic E-state index is 0.386. The Morgan fingerprint density at radius 2 is 2.37 bits per heavy atom. The molecule has 2 aromatic rings. The molecule has 0 radical (unpaired) electrons. The summed E-state index contributed by atoms with van der Waals surface area (Å²) in [6.07, 6.45) is 2.35. The normalized spacial score (nSPS) is 20.8. The molecule has 1 fully saturated rings. The van der Waals surface area contributed by atoms with Crippen LogP contribution in [0.15, 0.2) is 16.5 Å². The third kappa shape index (κ3) is 2.82. The Morgan fingerprint density at radius 1 is 1.47 bits per heavy atom. The zero-order valence-corrected chi connectivity index (χ0v) is 11.7. The van der Waals surface area contributed by atoms with Crippen LogP contribution in [-0.2, 0) is 0 Å². The number of fused-ring (bicyclic) bond motifs is 1. The van der Waals surface area contributed by atoms with Crippen molar-refractivity contribution in [2.45, 2.75) is 25.8 Å². The van der Waals surface area contributed by atoms with Gasteiger partial charge in [-0.15, -0.1) is 0 Å². The molecule has 1 unspecified atom stereocenters. The molecule has 5 nitrogen and oxygen atoms in total. The van der Waals surface area contributed by atoms with Crippen LogP contribution in [0.5, 0.6) is 0 Å². The lowest BCUT2D eigenvalue weighted by atomic mass is 10.1. The highest BCUT2D eigenvalue weighted by Crippen LogP contribution is 2.21. The smallest absolute Gasteiger partial charge is 0.297 e. The number of aromatic nitrogens is 2. The van der Waals surface area contributed by atoms with E-state index in [9.17, 15) is 0 Å². The van der Waals surface area contributed by atoms with Gasteiger partial charge >= 0.3 is 0 Å². The fourth-order valence-corrected chi connectivity index (χ4v) is 2.64. The number of likely N-dealkylation sites (N-methyl/N-ethyl adjacent to an activating group) is 1. The lowest BCUT2D eigenvalue weighted by Gasteiger charge is -2.31. The fourth-order valence-electron chi connectivity index (χ4n) is 2.49. The first-order chi connectivity index (χ1) is 9.24. The molecule has 0 aliphatic carbocycles. The van der Waals surface area contributed by atoms with Gasteiger partial charge in [-0.1, -0.05) is 18.5 Å². The van der Waals surface area contributed by atoms with Crippen molar-refractivity contribution in [3.8, 4) is 0 Å². The van der Waals surface area contributed by atoms with Crippen molar-refractivity contribution in [2.75, 3.05) is 25.0 Å². The monoisotopic (exact) mass is 280 g/mol. The Hall–Kier alpha value is -1.33. The molecular formula is C13H17ClN4O. The van der Waals surface area contributed by atoms with E-state index >= 15 is 0 Å². The number of halogens is 1. The van der Waals surface area contributed by atoms with E-state index in [1.165, 1.54) is 13.0 Å². The highest BCUT2D eigenvalue weighted by molar-refractivity contribution is 6.29. The number of piperidine rings is 1. The number of rotatable bonds is 3. The van der Waals surface area contributed by atoms with Crippen molar-refractivity contribution in [3.05, 3.63) is 17.3 Å². The standard InChI is InChI=1S/C13H17ClN4O/c1-2-18-7-3-4-9(8-18)15-13-17-12-10(19-13)5-6-11(14)16-12/h5-6,9H,2-4,7-8H2,1H3,(H,15,16,17). The number of pyridine rings is 1. The van der Waals surface area contributed by atoms with Crippen LogP contribution >= 0.6 is 11.6 Å². The summed E-state index contributed by atoms with van der Waals surface area (Å²) in [6.45, 7) is 5.49. The molecule has 0 bridgehead atoms. The van der Waals surface area contributed by atoms with Gasteiger partial charge in [0.15, 0.2) is 5.58 Å². The number of hydrogen-bond acceptors (Lipinski definition) is 5. The van der Waals surface area contributed by atoms with Crippen molar-refractivity contribution in [3.63, 3.8) is 0 Å². The zero-order chi connectivity index (χ0) is 13.2. The summed E-state index contributed by atoms with van der Waals surface area (Å²) < 4.78 is 5.63. The average molecular weight is 281 g/mol. The molecule has 3 rings (SSSR count). The SMILES string of the molecule is CCN1CCCC(Nc2nc3nc(Cl)ccc3o2)C1. The first-order valence-corrected chi connectivity index (χ1v) is 7.04. The predicted octanol–water partition coefficient (Wildman–Crippen LogP) is 2.77. The van der Waals surface area contributed by atoms with Crippen LogP contribution in [0.4, 0.5) is 6.01 Å². The van der Waals surface area contributed by atoms with E-state index in [2.05, 4.69) is 27.1 Å². The molecule has 1 atom stereocenters. The quantitative estimate of drug-likeness (QED) is 0.876. The van der Waals surface area contributed by atoms with Crippen LogP contribution in [0.3, 0.4) is 0 Å². The van der Waals surface area contributed by atoms with Gasteiger partial charge in [0.2, 0.25) is 5.65 Å². The molecule has 0 amide bonds. The van der Waals surface area contributed by atoms with Gasteiger partial charge in [0.05, 0.1) is 0 Å². The number of hydrogen-bond donors (Lipinski definition) is 1. The first-order valence-electron chi connectivity index (χ1n) is 6.66. The Morgan fingerprint density at radius 3 is 3.21 bits per heavy atom. The number of oxazole rings is 1. The maximum atomic E-state index is 5.84. The second-order valence-corrected chi connectivity index (χ2v) is 5.24. The molecule has 6 heteroatoms. The summed E-state index contributed by atoms with van der Waals surface area (Å²) in [5.41, 5.74) is 1.22.